The van der Waals surface area contributed by atoms with E-state index >= 15 is 0 Å². The molecule has 3 nitrogen and oxygen atoms in total. The van der Waals surface area contributed by atoms with Crippen molar-refractivity contribution in [3.63, 3.8) is 0 Å². The number of aromatic hydroxyl groups is 1. The van der Waals surface area contributed by atoms with Crippen LogP contribution in [0.25, 0.3) is 10.9 Å². The monoisotopic (exact) mass is 191 g/mol. The van der Waals surface area contributed by atoms with Gasteiger partial charge in [0.2, 0.25) is 5.88 Å². The van der Waals surface area contributed by atoms with Gasteiger partial charge >= 0.3 is 0 Å². The fourth-order valence-electron chi connectivity index (χ4n) is 1.61. The molecule has 0 aliphatic rings. The summed E-state index contributed by atoms with van der Waals surface area (Å²) < 4.78 is 1.48. The largest absolute Gasteiger partial charge is 0.492 e. The number of para-hydroxylation sites is 1. The molecule has 14 heavy (non-hydrogen) atoms. The Hall–Kier alpha value is -1.64. The first-order valence-electron chi connectivity index (χ1n) is 4.68. The molecular formula is C11H13NO2. The van der Waals surface area contributed by atoms with Gasteiger partial charge in [-0.1, -0.05) is 18.2 Å². The highest BCUT2D eigenvalue weighted by Gasteiger charge is 2.12. The molecule has 2 rings (SSSR count). The molecule has 0 spiro atoms. The number of benzene rings is 1. The third-order valence-corrected chi connectivity index (χ3v) is 2.31. The SMILES string of the molecule is CCOn1c(O)c(C)c2ccccc21. The van der Waals surface area contributed by atoms with Crippen molar-refractivity contribution in [3.8, 4) is 5.88 Å². The maximum Gasteiger partial charge on any atom is 0.229 e. The minimum Gasteiger partial charge on any atom is -0.492 e. The van der Waals surface area contributed by atoms with Crippen LogP contribution in [0.1, 0.15) is 12.5 Å². The third kappa shape index (κ3) is 1.13. The Labute approximate surface area is 82.5 Å². The van der Waals surface area contributed by atoms with Gasteiger partial charge < -0.3 is 9.94 Å². The lowest BCUT2D eigenvalue weighted by atomic mass is 10.2. The van der Waals surface area contributed by atoms with Crippen molar-refractivity contribution in [1.82, 2.24) is 4.73 Å². The molecule has 0 bridgehead atoms. The second kappa shape index (κ2) is 3.25. The zero-order chi connectivity index (χ0) is 10.1. The fourth-order valence-corrected chi connectivity index (χ4v) is 1.61. The van der Waals surface area contributed by atoms with Crippen molar-refractivity contribution in [1.29, 1.82) is 0 Å². The molecule has 0 radical (unpaired) electrons. The molecule has 0 unspecified atom stereocenters. The van der Waals surface area contributed by atoms with Gasteiger partial charge in [0.15, 0.2) is 0 Å². The number of fused-ring (bicyclic) bond motifs is 1. The van der Waals surface area contributed by atoms with Crippen LogP contribution in [0, 0.1) is 6.92 Å². The number of aromatic nitrogens is 1. The van der Waals surface area contributed by atoms with Gasteiger partial charge in [-0.25, -0.2) is 0 Å². The second-order valence-electron chi connectivity index (χ2n) is 3.18. The molecule has 0 aliphatic carbocycles. The quantitative estimate of drug-likeness (QED) is 0.788. The van der Waals surface area contributed by atoms with Gasteiger partial charge in [-0.05, 0) is 19.9 Å². The van der Waals surface area contributed by atoms with E-state index in [1.54, 1.807) is 0 Å². The number of rotatable bonds is 2. The van der Waals surface area contributed by atoms with E-state index in [2.05, 4.69) is 0 Å². The Bertz CT molecular complexity index is 460. The van der Waals surface area contributed by atoms with E-state index < -0.39 is 0 Å². The first-order valence-corrected chi connectivity index (χ1v) is 4.68. The Morgan fingerprint density at radius 3 is 2.79 bits per heavy atom. The summed E-state index contributed by atoms with van der Waals surface area (Å²) in [6, 6.07) is 7.78. The lowest BCUT2D eigenvalue weighted by Gasteiger charge is -2.05. The Balaban J connectivity index is 2.74. The van der Waals surface area contributed by atoms with Gasteiger partial charge in [0, 0.05) is 10.9 Å². The lowest BCUT2D eigenvalue weighted by molar-refractivity contribution is 0.111. The van der Waals surface area contributed by atoms with Crippen molar-refractivity contribution < 1.29 is 9.94 Å². The van der Waals surface area contributed by atoms with E-state index in [9.17, 15) is 5.11 Å². The van der Waals surface area contributed by atoms with Crippen molar-refractivity contribution >= 4 is 10.9 Å². The summed E-state index contributed by atoms with van der Waals surface area (Å²) in [6.45, 7) is 4.31. The Morgan fingerprint density at radius 1 is 1.36 bits per heavy atom. The predicted octanol–water partition coefficient (Wildman–Crippen LogP) is 2.10. The van der Waals surface area contributed by atoms with Gasteiger partial charge in [-0.15, -0.1) is 4.73 Å². The first-order chi connectivity index (χ1) is 6.75. The van der Waals surface area contributed by atoms with Crippen LogP contribution < -0.4 is 4.84 Å². The zero-order valence-electron chi connectivity index (χ0n) is 8.32. The molecule has 0 fully saturated rings. The van der Waals surface area contributed by atoms with Gasteiger partial charge in [-0.3, -0.25) is 0 Å². The minimum atomic E-state index is 0.188. The summed E-state index contributed by atoms with van der Waals surface area (Å²) in [7, 11) is 0. The molecule has 1 N–H and O–H groups in total. The summed E-state index contributed by atoms with van der Waals surface area (Å²) in [5, 5.41) is 10.8. The molecule has 3 heteroatoms. The average molecular weight is 191 g/mol. The highest BCUT2D eigenvalue weighted by Crippen LogP contribution is 2.28. The standard InChI is InChI=1S/C11H13NO2/c1-3-14-12-10-7-5-4-6-9(10)8(2)11(12)13/h4-7,13H,3H2,1-2H3. The normalized spacial score (nSPS) is 10.7. The zero-order valence-corrected chi connectivity index (χ0v) is 8.32. The highest BCUT2D eigenvalue weighted by molar-refractivity contribution is 5.86. The smallest absolute Gasteiger partial charge is 0.229 e. The van der Waals surface area contributed by atoms with E-state index in [1.165, 1.54) is 4.73 Å². The molecule has 0 saturated heterocycles. The van der Waals surface area contributed by atoms with Crippen molar-refractivity contribution in [2.24, 2.45) is 0 Å². The van der Waals surface area contributed by atoms with Gasteiger partial charge in [0.25, 0.3) is 0 Å². The maximum atomic E-state index is 9.79. The number of nitrogens with zero attached hydrogens (tertiary/aromatic N) is 1. The van der Waals surface area contributed by atoms with E-state index in [0.717, 1.165) is 16.5 Å². The van der Waals surface area contributed by atoms with Gasteiger partial charge in [0.05, 0.1) is 5.52 Å². The summed E-state index contributed by atoms with van der Waals surface area (Å²) in [5.74, 6) is 0.188. The number of hydrogen-bond acceptors (Lipinski definition) is 2. The Morgan fingerprint density at radius 2 is 2.07 bits per heavy atom. The molecule has 0 aliphatic heterocycles. The van der Waals surface area contributed by atoms with E-state index in [4.69, 9.17) is 4.84 Å². The Kier molecular flexibility index (Phi) is 2.08. The van der Waals surface area contributed by atoms with Crippen molar-refractivity contribution in [2.45, 2.75) is 13.8 Å². The molecule has 74 valence electrons. The van der Waals surface area contributed by atoms with Gasteiger partial charge in [0.1, 0.15) is 6.61 Å². The molecular weight excluding hydrogens is 178 g/mol. The van der Waals surface area contributed by atoms with E-state index in [0.29, 0.717) is 6.61 Å². The topological polar surface area (TPSA) is 34.4 Å². The van der Waals surface area contributed by atoms with Gasteiger partial charge in [-0.2, -0.15) is 0 Å². The molecule has 2 aromatic rings. The molecule has 1 heterocycles. The van der Waals surface area contributed by atoms with Crippen LogP contribution in [-0.2, 0) is 0 Å². The third-order valence-electron chi connectivity index (χ3n) is 2.31. The summed E-state index contributed by atoms with van der Waals surface area (Å²) in [5.41, 5.74) is 1.76. The highest BCUT2D eigenvalue weighted by atomic mass is 16.7. The minimum absolute atomic E-state index is 0.188. The average Bonchev–Trinajstić information content (AvgIpc) is 2.45. The summed E-state index contributed by atoms with van der Waals surface area (Å²) in [6.07, 6.45) is 0. The second-order valence-corrected chi connectivity index (χ2v) is 3.18. The predicted molar refractivity (Wildman–Crippen MR) is 55.5 cm³/mol. The van der Waals surface area contributed by atoms with Crippen LogP contribution in [0.4, 0.5) is 0 Å². The molecule has 1 aromatic heterocycles. The fraction of sp³-hybridized carbons (Fsp3) is 0.273. The number of hydrogen-bond donors (Lipinski definition) is 1. The maximum absolute atomic E-state index is 9.79. The van der Waals surface area contributed by atoms with Crippen LogP contribution in [0.2, 0.25) is 0 Å². The van der Waals surface area contributed by atoms with Crippen LogP contribution in [0.3, 0.4) is 0 Å². The summed E-state index contributed by atoms with van der Waals surface area (Å²) in [4.78, 5) is 5.34. The van der Waals surface area contributed by atoms with Crippen molar-refractivity contribution in [3.05, 3.63) is 29.8 Å². The van der Waals surface area contributed by atoms with E-state index in [1.807, 2.05) is 38.1 Å². The van der Waals surface area contributed by atoms with Crippen LogP contribution >= 0.6 is 0 Å². The van der Waals surface area contributed by atoms with Crippen LogP contribution in [-0.4, -0.2) is 16.4 Å². The van der Waals surface area contributed by atoms with Crippen LogP contribution in [0.5, 0.6) is 5.88 Å². The van der Waals surface area contributed by atoms with Crippen LogP contribution in [0.15, 0.2) is 24.3 Å². The van der Waals surface area contributed by atoms with E-state index in [-0.39, 0.29) is 5.88 Å². The lowest BCUT2D eigenvalue weighted by Crippen LogP contribution is -2.09. The molecule has 0 atom stereocenters. The molecule has 0 amide bonds. The molecule has 1 aromatic carbocycles. The van der Waals surface area contributed by atoms with Crippen molar-refractivity contribution in [2.75, 3.05) is 6.61 Å². The molecule has 0 saturated carbocycles. The number of aryl methyl sites for hydroxylation is 1. The summed E-state index contributed by atoms with van der Waals surface area (Å²) >= 11 is 0. The first kappa shape index (κ1) is 8.94.